The summed E-state index contributed by atoms with van der Waals surface area (Å²) >= 11 is 0. The van der Waals surface area contributed by atoms with Crippen LogP contribution in [-0.2, 0) is 32.7 Å². The van der Waals surface area contributed by atoms with Crippen LogP contribution in [0.3, 0.4) is 0 Å². The van der Waals surface area contributed by atoms with Crippen LogP contribution in [0.25, 0.3) is 0 Å². The van der Waals surface area contributed by atoms with Crippen LogP contribution in [0.15, 0.2) is 48.8 Å². The number of nitrogens with two attached hydrogens (primary N) is 1. The summed E-state index contributed by atoms with van der Waals surface area (Å²) < 4.78 is 33.1. The van der Waals surface area contributed by atoms with Gasteiger partial charge in [-0.15, -0.1) is 0 Å². The Labute approximate surface area is 335 Å². The van der Waals surface area contributed by atoms with Crippen molar-refractivity contribution in [2.45, 2.75) is 199 Å². The first kappa shape index (κ1) is 52.8. The highest BCUT2D eigenvalue weighted by molar-refractivity contribution is 7.47. The van der Waals surface area contributed by atoms with Crippen LogP contribution in [0.5, 0.6) is 0 Å². The third kappa shape index (κ3) is 39.8. The van der Waals surface area contributed by atoms with Gasteiger partial charge in [-0.1, -0.05) is 166 Å². The second-order valence-electron chi connectivity index (χ2n) is 14.5. The Bertz CT molecular complexity index is 1060. The van der Waals surface area contributed by atoms with E-state index in [2.05, 4.69) is 50.3 Å². The molecule has 0 aromatic carbocycles. The highest BCUT2D eigenvalue weighted by Crippen LogP contribution is 2.43. The molecule has 0 aliphatic rings. The lowest BCUT2D eigenvalue weighted by Gasteiger charge is -2.20. The molecule has 55 heavy (non-hydrogen) atoms. The highest BCUT2D eigenvalue weighted by Gasteiger charge is 2.27. The molecule has 11 heteroatoms. The number of carbonyl (C=O) groups excluding carboxylic acids is 1. The number of aliphatic carboxylic acids is 1. The standard InChI is InChI=1S/C44H80NO9P/c1-3-5-7-9-11-13-15-17-19-20-21-23-25-27-29-31-33-35-37-51-38-41(39-52-55(49,50)53-40-42(45)44(47)48)54-43(46)36-34-32-30-28-26-24-22-18-16-14-12-10-8-6-4-2/h6,8,12,14,18,22,35,37,41-42H,3-5,7,9-11,13,15-17,19-21,23-34,36,38-40,45H2,1-2H3,(H,47,48)(H,49,50)/b8-6-,14-12-,22-18-,37-35-/t41-,42+/m1/s1. The lowest BCUT2D eigenvalue weighted by molar-refractivity contribution is -0.153. The summed E-state index contributed by atoms with van der Waals surface area (Å²) in [6, 6.07) is -1.48. The van der Waals surface area contributed by atoms with Crippen molar-refractivity contribution in [2.75, 3.05) is 19.8 Å². The van der Waals surface area contributed by atoms with Crippen molar-refractivity contribution < 1.29 is 42.7 Å². The fourth-order valence-corrected chi connectivity index (χ4v) is 6.60. The molecule has 0 amide bonds. The predicted molar refractivity (Wildman–Crippen MR) is 226 cm³/mol. The number of carboxylic acid groups (broad SMARTS) is 1. The number of phosphoric ester groups is 1. The van der Waals surface area contributed by atoms with Gasteiger partial charge in [0.25, 0.3) is 0 Å². The summed E-state index contributed by atoms with van der Waals surface area (Å²) in [6.07, 6.45) is 46.8. The molecule has 0 saturated carbocycles. The molecule has 0 rings (SSSR count). The molecule has 320 valence electrons. The molecule has 0 heterocycles. The molecule has 0 fully saturated rings. The van der Waals surface area contributed by atoms with E-state index in [1.165, 1.54) is 96.3 Å². The number of allylic oxidation sites excluding steroid dienone is 7. The smallest absolute Gasteiger partial charge is 0.472 e. The Kier molecular flexibility index (Phi) is 38.4. The summed E-state index contributed by atoms with van der Waals surface area (Å²) in [5.74, 6) is -1.82. The van der Waals surface area contributed by atoms with E-state index in [1.54, 1.807) is 6.26 Å². The van der Waals surface area contributed by atoms with E-state index in [0.29, 0.717) is 6.42 Å². The number of carbonyl (C=O) groups is 2. The van der Waals surface area contributed by atoms with E-state index in [1.807, 2.05) is 6.08 Å². The van der Waals surface area contributed by atoms with Crippen molar-refractivity contribution in [2.24, 2.45) is 5.73 Å². The number of esters is 1. The van der Waals surface area contributed by atoms with Crippen LogP contribution >= 0.6 is 7.82 Å². The van der Waals surface area contributed by atoms with Crippen LogP contribution in [0.1, 0.15) is 187 Å². The lowest BCUT2D eigenvalue weighted by atomic mass is 10.0. The monoisotopic (exact) mass is 798 g/mol. The van der Waals surface area contributed by atoms with Gasteiger partial charge in [0, 0.05) is 6.42 Å². The average Bonchev–Trinajstić information content (AvgIpc) is 3.16. The van der Waals surface area contributed by atoms with Crippen molar-refractivity contribution in [1.29, 1.82) is 0 Å². The van der Waals surface area contributed by atoms with Crippen LogP contribution in [0, 0.1) is 0 Å². The first-order valence-electron chi connectivity index (χ1n) is 21.7. The minimum atomic E-state index is -4.64. The molecule has 0 aromatic rings. The topological polar surface area (TPSA) is 155 Å². The summed E-state index contributed by atoms with van der Waals surface area (Å²) in [6.45, 7) is 3.15. The van der Waals surface area contributed by atoms with Crippen molar-refractivity contribution in [3.05, 3.63) is 48.8 Å². The molecule has 3 atom stereocenters. The first-order valence-corrected chi connectivity index (χ1v) is 23.2. The molecular weight excluding hydrogens is 717 g/mol. The molecule has 4 N–H and O–H groups in total. The maximum atomic E-state index is 12.6. The van der Waals surface area contributed by atoms with Gasteiger partial charge in [-0.25, -0.2) is 4.57 Å². The van der Waals surface area contributed by atoms with E-state index in [9.17, 15) is 19.0 Å². The Balaban J connectivity index is 4.30. The summed E-state index contributed by atoms with van der Waals surface area (Å²) in [4.78, 5) is 33.5. The third-order valence-corrected chi connectivity index (χ3v) is 10.1. The Morgan fingerprint density at radius 2 is 1.05 bits per heavy atom. The van der Waals surface area contributed by atoms with Gasteiger partial charge in [-0.05, 0) is 57.4 Å². The Morgan fingerprint density at radius 1 is 0.600 bits per heavy atom. The van der Waals surface area contributed by atoms with Crippen LogP contribution in [0.2, 0.25) is 0 Å². The van der Waals surface area contributed by atoms with Gasteiger partial charge in [0.15, 0.2) is 6.10 Å². The number of hydrogen-bond acceptors (Lipinski definition) is 8. The van der Waals surface area contributed by atoms with Crippen molar-refractivity contribution in [1.82, 2.24) is 0 Å². The molecular formula is C44H80NO9P. The summed E-state index contributed by atoms with van der Waals surface area (Å²) in [7, 11) is -4.64. The van der Waals surface area contributed by atoms with Crippen molar-refractivity contribution in [3.63, 3.8) is 0 Å². The van der Waals surface area contributed by atoms with Gasteiger partial charge >= 0.3 is 19.8 Å². The molecule has 1 unspecified atom stereocenters. The van der Waals surface area contributed by atoms with Gasteiger partial charge in [0.1, 0.15) is 12.6 Å². The second-order valence-corrected chi connectivity index (χ2v) is 16.0. The summed E-state index contributed by atoms with van der Waals surface area (Å²) in [5, 5.41) is 8.89. The van der Waals surface area contributed by atoms with Gasteiger partial charge < -0.3 is 25.2 Å². The van der Waals surface area contributed by atoms with Crippen molar-refractivity contribution in [3.8, 4) is 0 Å². The SMILES string of the molecule is CC/C=C\C/C=C\C/C=C\CCCCCCCC(=O)O[C@H](CO/C=C\CCCCCCCCCCCCCCCCCC)COP(=O)(O)OC[C@H](N)C(=O)O. The molecule has 0 aromatic heterocycles. The Morgan fingerprint density at radius 3 is 1.58 bits per heavy atom. The lowest BCUT2D eigenvalue weighted by Crippen LogP contribution is -2.34. The maximum Gasteiger partial charge on any atom is 0.472 e. The molecule has 0 spiro atoms. The van der Waals surface area contributed by atoms with Crippen LogP contribution < -0.4 is 5.73 Å². The molecule has 0 aliphatic carbocycles. The van der Waals surface area contributed by atoms with E-state index < -0.39 is 45.1 Å². The quantitative estimate of drug-likeness (QED) is 0.0179. The van der Waals surface area contributed by atoms with E-state index >= 15 is 0 Å². The summed E-state index contributed by atoms with van der Waals surface area (Å²) in [5.41, 5.74) is 5.35. The van der Waals surface area contributed by atoms with Gasteiger partial charge in [-0.2, -0.15) is 0 Å². The number of rotatable bonds is 41. The minimum Gasteiger partial charge on any atom is -0.498 e. The zero-order chi connectivity index (χ0) is 40.5. The zero-order valence-electron chi connectivity index (χ0n) is 34.8. The predicted octanol–water partition coefficient (Wildman–Crippen LogP) is 12.2. The largest absolute Gasteiger partial charge is 0.498 e. The number of carboxylic acids is 1. The van der Waals surface area contributed by atoms with Crippen LogP contribution in [-0.4, -0.2) is 53.9 Å². The second kappa shape index (κ2) is 40.0. The van der Waals surface area contributed by atoms with E-state index in [4.69, 9.17) is 29.4 Å². The van der Waals surface area contributed by atoms with E-state index in [0.717, 1.165) is 64.2 Å². The first-order chi connectivity index (χ1) is 26.7. The van der Waals surface area contributed by atoms with Gasteiger partial charge in [-0.3, -0.25) is 18.6 Å². The van der Waals surface area contributed by atoms with E-state index in [-0.39, 0.29) is 13.0 Å². The number of hydrogen-bond donors (Lipinski definition) is 3. The molecule has 0 saturated heterocycles. The Hall–Kier alpha value is -2.23. The van der Waals surface area contributed by atoms with Crippen molar-refractivity contribution >= 4 is 19.8 Å². The normalized spacial score (nSPS) is 14.3. The maximum absolute atomic E-state index is 12.6. The molecule has 0 bridgehead atoms. The highest BCUT2D eigenvalue weighted by atomic mass is 31.2. The fraction of sp³-hybridized carbons (Fsp3) is 0.773. The molecule has 10 nitrogen and oxygen atoms in total. The third-order valence-electron chi connectivity index (χ3n) is 9.19. The molecule has 0 radical (unpaired) electrons. The van der Waals surface area contributed by atoms with Gasteiger partial charge in [0.05, 0.1) is 19.5 Å². The number of phosphoric acid groups is 1. The van der Waals surface area contributed by atoms with Gasteiger partial charge in [0.2, 0.25) is 0 Å². The molecule has 0 aliphatic heterocycles. The fourth-order valence-electron chi connectivity index (χ4n) is 5.82. The number of ether oxygens (including phenoxy) is 2. The zero-order valence-corrected chi connectivity index (χ0v) is 35.7. The average molecular weight is 798 g/mol. The minimum absolute atomic E-state index is 0.0744. The van der Waals surface area contributed by atoms with Crippen LogP contribution in [0.4, 0.5) is 0 Å². The number of unbranched alkanes of at least 4 members (excludes halogenated alkanes) is 21.